The maximum atomic E-state index is 11.0. The van der Waals surface area contributed by atoms with Gasteiger partial charge in [-0.15, -0.1) is 0 Å². The van der Waals surface area contributed by atoms with Crippen molar-refractivity contribution in [3.8, 4) is 22.8 Å². The number of hydrogen-bond donors (Lipinski definition) is 1. The summed E-state index contributed by atoms with van der Waals surface area (Å²) in [4.78, 5) is 17.9. The Morgan fingerprint density at radius 3 is 2.79 bits per heavy atom. The number of hydrogen-bond acceptors (Lipinski definition) is 4. The van der Waals surface area contributed by atoms with E-state index in [4.69, 9.17) is 4.52 Å². The molecule has 0 aliphatic heterocycles. The van der Waals surface area contributed by atoms with E-state index < -0.39 is 0 Å². The first-order valence-electron chi connectivity index (χ1n) is 5.82. The summed E-state index contributed by atoms with van der Waals surface area (Å²) in [6.07, 6.45) is 1.55. The van der Waals surface area contributed by atoms with E-state index in [0.29, 0.717) is 17.3 Å². The van der Waals surface area contributed by atoms with Gasteiger partial charge in [-0.3, -0.25) is 4.79 Å². The molecule has 3 rings (SSSR count). The van der Waals surface area contributed by atoms with Crippen molar-refractivity contribution in [3.63, 3.8) is 0 Å². The number of nitrogens with one attached hydrogen (secondary N) is 1. The van der Waals surface area contributed by atoms with Crippen LogP contribution in [0, 0.1) is 6.92 Å². The molecule has 0 saturated heterocycles. The summed E-state index contributed by atoms with van der Waals surface area (Å²) in [5.74, 6) is 0.914. The molecule has 0 spiro atoms. The molecule has 0 bridgehead atoms. The number of benzene rings is 1. The second-order valence-electron chi connectivity index (χ2n) is 4.23. The first-order chi connectivity index (χ1) is 9.22. The average molecular weight is 253 g/mol. The summed E-state index contributed by atoms with van der Waals surface area (Å²) >= 11 is 0. The minimum atomic E-state index is -0.165. The van der Waals surface area contributed by atoms with Crippen LogP contribution in [0.5, 0.6) is 0 Å². The molecule has 1 aromatic carbocycles. The Balaban J connectivity index is 1.99. The fourth-order valence-electron chi connectivity index (χ4n) is 1.79. The van der Waals surface area contributed by atoms with E-state index in [1.54, 1.807) is 12.3 Å². The molecule has 0 amide bonds. The van der Waals surface area contributed by atoms with E-state index in [1.165, 1.54) is 6.07 Å². The van der Waals surface area contributed by atoms with Gasteiger partial charge in [-0.25, -0.2) is 0 Å². The SMILES string of the molecule is Cc1cccc(-c2noc(-c3ccc(=O)[nH]c3)n2)c1. The monoisotopic (exact) mass is 253 g/mol. The van der Waals surface area contributed by atoms with Crippen LogP contribution in [-0.4, -0.2) is 15.1 Å². The minimum absolute atomic E-state index is 0.165. The van der Waals surface area contributed by atoms with Crippen LogP contribution in [0.25, 0.3) is 22.8 Å². The highest BCUT2D eigenvalue weighted by atomic mass is 16.5. The highest BCUT2D eigenvalue weighted by Gasteiger charge is 2.10. The van der Waals surface area contributed by atoms with E-state index in [1.807, 2.05) is 31.2 Å². The Morgan fingerprint density at radius 1 is 1.16 bits per heavy atom. The number of aryl methyl sites for hydroxylation is 1. The highest BCUT2D eigenvalue weighted by molar-refractivity contribution is 5.59. The lowest BCUT2D eigenvalue weighted by molar-refractivity contribution is 0.432. The minimum Gasteiger partial charge on any atom is -0.334 e. The molecule has 0 unspecified atom stereocenters. The molecular weight excluding hydrogens is 242 g/mol. The van der Waals surface area contributed by atoms with E-state index in [-0.39, 0.29) is 5.56 Å². The van der Waals surface area contributed by atoms with Gasteiger partial charge in [-0.05, 0) is 19.1 Å². The first-order valence-corrected chi connectivity index (χ1v) is 5.82. The van der Waals surface area contributed by atoms with Gasteiger partial charge in [0.25, 0.3) is 5.89 Å². The number of aromatic nitrogens is 3. The van der Waals surface area contributed by atoms with E-state index in [9.17, 15) is 4.79 Å². The number of nitrogens with zero attached hydrogens (tertiary/aromatic N) is 2. The third-order valence-electron chi connectivity index (χ3n) is 2.73. The Hall–Kier alpha value is -2.69. The fourth-order valence-corrected chi connectivity index (χ4v) is 1.79. The van der Waals surface area contributed by atoms with E-state index in [2.05, 4.69) is 15.1 Å². The van der Waals surface area contributed by atoms with Crippen molar-refractivity contribution in [3.05, 3.63) is 58.5 Å². The molecule has 3 aromatic rings. The van der Waals surface area contributed by atoms with Gasteiger partial charge in [0, 0.05) is 17.8 Å². The van der Waals surface area contributed by atoms with Crippen molar-refractivity contribution >= 4 is 0 Å². The molecule has 2 aromatic heterocycles. The Kier molecular flexibility index (Phi) is 2.72. The van der Waals surface area contributed by atoms with Gasteiger partial charge >= 0.3 is 0 Å². The van der Waals surface area contributed by atoms with Gasteiger partial charge in [0.2, 0.25) is 11.4 Å². The summed E-state index contributed by atoms with van der Waals surface area (Å²) in [7, 11) is 0. The van der Waals surface area contributed by atoms with Gasteiger partial charge < -0.3 is 9.51 Å². The topological polar surface area (TPSA) is 71.8 Å². The number of aromatic amines is 1. The van der Waals surface area contributed by atoms with Crippen molar-refractivity contribution in [1.29, 1.82) is 0 Å². The van der Waals surface area contributed by atoms with Gasteiger partial charge in [-0.1, -0.05) is 28.9 Å². The highest BCUT2D eigenvalue weighted by Crippen LogP contribution is 2.21. The van der Waals surface area contributed by atoms with Crippen LogP contribution in [0.1, 0.15) is 5.56 Å². The van der Waals surface area contributed by atoms with Crippen LogP contribution in [0.4, 0.5) is 0 Å². The zero-order valence-corrected chi connectivity index (χ0v) is 10.3. The lowest BCUT2D eigenvalue weighted by Crippen LogP contribution is -2.01. The van der Waals surface area contributed by atoms with Gasteiger partial charge in [0.05, 0.1) is 5.56 Å². The largest absolute Gasteiger partial charge is 0.334 e. The molecule has 0 fully saturated rings. The Labute approximate surface area is 108 Å². The third kappa shape index (κ3) is 2.30. The molecule has 5 nitrogen and oxygen atoms in total. The standard InChI is InChI=1S/C14H11N3O2/c1-9-3-2-4-10(7-9)13-16-14(19-17-13)11-5-6-12(18)15-8-11/h2-8H,1H3,(H,15,18). The van der Waals surface area contributed by atoms with Crippen molar-refractivity contribution in [1.82, 2.24) is 15.1 Å². The summed E-state index contributed by atoms with van der Waals surface area (Å²) < 4.78 is 5.20. The van der Waals surface area contributed by atoms with Crippen molar-refractivity contribution in [2.75, 3.05) is 0 Å². The maximum Gasteiger partial charge on any atom is 0.259 e. The average Bonchev–Trinajstić information content (AvgIpc) is 2.89. The fraction of sp³-hybridized carbons (Fsp3) is 0.0714. The van der Waals surface area contributed by atoms with E-state index in [0.717, 1.165) is 11.1 Å². The first kappa shape index (κ1) is 11.4. The van der Waals surface area contributed by atoms with Crippen LogP contribution in [0.15, 0.2) is 51.9 Å². The van der Waals surface area contributed by atoms with Gasteiger partial charge in [0.15, 0.2) is 0 Å². The van der Waals surface area contributed by atoms with Gasteiger partial charge in [-0.2, -0.15) is 4.98 Å². The second-order valence-corrected chi connectivity index (χ2v) is 4.23. The molecule has 94 valence electrons. The van der Waals surface area contributed by atoms with Crippen molar-refractivity contribution < 1.29 is 4.52 Å². The van der Waals surface area contributed by atoms with Crippen LogP contribution < -0.4 is 5.56 Å². The Morgan fingerprint density at radius 2 is 2.05 bits per heavy atom. The molecule has 1 N–H and O–H groups in total. The predicted octanol–water partition coefficient (Wildman–Crippen LogP) is 2.40. The molecule has 2 heterocycles. The zero-order valence-electron chi connectivity index (χ0n) is 10.3. The predicted molar refractivity (Wildman–Crippen MR) is 70.5 cm³/mol. The number of pyridine rings is 1. The third-order valence-corrected chi connectivity index (χ3v) is 2.73. The maximum absolute atomic E-state index is 11.0. The molecular formula is C14H11N3O2. The molecule has 0 radical (unpaired) electrons. The summed E-state index contributed by atoms with van der Waals surface area (Å²) in [5, 5.41) is 3.95. The molecule has 0 saturated carbocycles. The lowest BCUT2D eigenvalue weighted by atomic mass is 10.1. The molecule has 0 aliphatic carbocycles. The normalized spacial score (nSPS) is 10.6. The summed E-state index contributed by atoms with van der Waals surface area (Å²) in [6.45, 7) is 2.01. The number of H-pyrrole nitrogens is 1. The quantitative estimate of drug-likeness (QED) is 0.761. The molecule has 0 aliphatic rings. The van der Waals surface area contributed by atoms with Crippen LogP contribution in [0.3, 0.4) is 0 Å². The molecule has 5 heteroatoms. The number of rotatable bonds is 2. The van der Waals surface area contributed by atoms with Crippen molar-refractivity contribution in [2.45, 2.75) is 6.92 Å². The van der Waals surface area contributed by atoms with Gasteiger partial charge in [0.1, 0.15) is 0 Å². The molecule has 19 heavy (non-hydrogen) atoms. The van der Waals surface area contributed by atoms with Crippen LogP contribution in [-0.2, 0) is 0 Å². The summed E-state index contributed by atoms with van der Waals surface area (Å²) in [6, 6.07) is 10.9. The zero-order chi connectivity index (χ0) is 13.2. The second kappa shape index (κ2) is 4.53. The lowest BCUT2D eigenvalue weighted by Gasteiger charge is -1.95. The smallest absolute Gasteiger partial charge is 0.259 e. The van der Waals surface area contributed by atoms with Crippen LogP contribution >= 0.6 is 0 Å². The Bertz CT molecular complexity index is 754. The van der Waals surface area contributed by atoms with Crippen molar-refractivity contribution in [2.24, 2.45) is 0 Å². The molecule has 0 atom stereocenters. The summed E-state index contributed by atoms with van der Waals surface area (Å²) in [5.41, 5.74) is 2.56. The van der Waals surface area contributed by atoms with E-state index >= 15 is 0 Å². The van der Waals surface area contributed by atoms with Crippen LogP contribution in [0.2, 0.25) is 0 Å².